The van der Waals surface area contributed by atoms with Gasteiger partial charge in [0.25, 0.3) is 0 Å². The van der Waals surface area contributed by atoms with Crippen molar-refractivity contribution in [3.63, 3.8) is 0 Å². The number of esters is 1. The second-order valence-electron chi connectivity index (χ2n) is 8.08. The Morgan fingerprint density at radius 1 is 0.694 bits per heavy atom. The minimum atomic E-state index is -0.504. The number of rotatable bonds is 9. The summed E-state index contributed by atoms with van der Waals surface area (Å²) in [5.74, 6) is 0.136. The van der Waals surface area contributed by atoms with Crippen LogP contribution in [-0.4, -0.2) is 25.0 Å². The van der Waals surface area contributed by atoms with Gasteiger partial charge in [-0.1, -0.05) is 72.8 Å². The van der Waals surface area contributed by atoms with Crippen LogP contribution in [0.1, 0.15) is 26.3 Å². The lowest BCUT2D eigenvalue weighted by molar-refractivity contribution is 0.0450. The largest absolute Gasteiger partial charge is 0.490 e. The molecule has 0 unspecified atom stereocenters. The molecule has 180 valence electrons. The quantitative estimate of drug-likeness (QED) is 0.106. The Labute approximate surface area is 209 Å². The number of nitrogens with two attached hydrogens (primary N) is 2. The highest BCUT2D eigenvalue weighted by atomic mass is 16.6. The summed E-state index contributed by atoms with van der Waals surface area (Å²) in [5, 5.41) is 0. The van der Waals surface area contributed by atoms with Crippen LogP contribution in [0.5, 0.6) is 5.75 Å². The van der Waals surface area contributed by atoms with Gasteiger partial charge in [-0.15, -0.1) is 0 Å². The fourth-order valence-corrected chi connectivity index (χ4v) is 3.57. The van der Waals surface area contributed by atoms with Crippen molar-refractivity contribution in [1.29, 1.82) is 0 Å². The molecule has 0 atom stereocenters. The van der Waals surface area contributed by atoms with Crippen LogP contribution >= 0.6 is 0 Å². The maximum absolute atomic E-state index is 12.2. The molecule has 36 heavy (non-hydrogen) atoms. The first-order valence-electron chi connectivity index (χ1n) is 11.4. The highest BCUT2D eigenvalue weighted by molar-refractivity contribution is 6.06. The minimum absolute atomic E-state index is 0.0282. The third kappa shape index (κ3) is 6.61. The van der Waals surface area contributed by atoms with Crippen molar-refractivity contribution in [3.8, 4) is 16.9 Å². The van der Waals surface area contributed by atoms with E-state index in [-0.39, 0.29) is 19.0 Å². The van der Waals surface area contributed by atoms with Gasteiger partial charge in [-0.25, -0.2) is 4.79 Å². The van der Waals surface area contributed by atoms with Gasteiger partial charge in [0, 0.05) is 16.9 Å². The normalized spacial score (nSPS) is 10.8. The smallest absolute Gasteiger partial charge is 0.338 e. The van der Waals surface area contributed by atoms with Crippen LogP contribution in [0.2, 0.25) is 0 Å². The van der Waals surface area contributed by atoms with Gasteiger partial charge < -0.3 is 20.9 Å². The molecule has 0 aliphatic carbocycles. The number of anilines is 2. The van der Waals surface area contributed by atoms with Crippen molar-refractivity contribution in [2.24, 2.45) is 0 Å². The van der Waals surface area contributed by atoms with Crippen LogP contribution < -0.4 is 16.2 Å². The Kier molecular flexibility index (Phi) is 7.78. The standard InChI is InChI=1S/C30H26N2O4/c31-26-18-25(19-27(32)20-26)30(34)36-17-16-35-28-13-11-23(12-14-28)22-9-6-21(7-10-22)8-15-29(33)24-4-2-1-3-5-24/h1-15,18-20H,16-17,31-32H2. The first-order chi connectivity index (χ1) is 17.5. The average Bonchev–Trinajstić information content (AvgIpc) is 2.90. The number of benzene rings is 4. The molecule has 0 fully saturated rings. The fourth-order valence-electron chi connectivity index (χ4n) is 3.57. The Balaban J connectivity index is 1.26. The summed E-state index contributed by atoms with van der Waals surface area (Å²) in [6, 6.07) is 29.4. The maximum Gasteiger partial charge on any atom is 0.338 e. The fraction of sp³-hybridized carbons (Fsp3) is 0.0667. The molecule has 0 spiro atoms. The highest BCUT2D eigenvalue weighted by Gasteiger charge is 2.09. The van der Waals surface area contributed by atoms with Crippen molar-refractivity contribution in [3.05, 3.63) is 120 Å². The van der Waals surface area contributed by atoms with Gasteiger partial charge in [-0.05, 0) is 53.1 Å². The second-order valence-corrected chi connectivity index (χ2v) is 8.08. The van der Waals surface area contributed by atoms with Crippen molar-refractivity contribution in [2.45, 2.75) is 0 Å². The van der Waals surface area contributed by atoms with Gasteiger partial charge in [-0.3, -0.25) is 4.79 Å². The third-order valence-corrected chi connectivity index (χ3v) is 5.38. The Morgan fingerprint density at radius 3 is 1.94 bits per heavy atom. The summed E-state index contributed by atoms with van der Waals surface area (Å²) in [6.45, 7) is 0.308. The first-order valence-corrected chi connectivity index (χ1v) is 11.4. The highest BCUT2D eigenvalue weighted by Crippen LogP contribution is 2.23. The van der Waals surface area contributed by atoms with Crippen LogP contribution in [0.3, 0.4) is 0 Å². The van der Waals surface area contributed by atoms with E-state index in [0.29, 0.717) is 28.3 Å². The lowest BCUT2D eigenvalue weighted by atomic mass is 10.0. The third-order valence-electron chi connectivity index (χ3n) is 5.38. The number of hydrogen-bond acceptors (Lipinski definition) is 6. The number of nitrogen functional groups attached to an aromatic ring is 2. The molecule has 6 nitrogen and oxygen atoms in total. The molecule has 4 aromatic rings. The van der Waals surface area contributed by atoms with Crippen LogP contribution in [0, 0.1) is 0 Å². The minimum Gasteiger partial charge on any atom is -0.490 e. The summed E-state index contributed by atoms with van der Waals surface area (Å²) in [6.07, 6.45) is 3.39. The topological polar surface area (TPSA) is 105 Å². The number of allylic oxidation sites excluding steroid dienone is 1. The van der Waals surface area contributed by atoms with Gasteiger partial charge >= 0.3 is 5.97 Å². The van der Waals surface area contributed by atoms with Gasteiger partial charge in [0.2, 0.25) is 0 Å². The maximum atomic E-state index is 12.2. The number of ketones is 1. The molecule has 4 N–H and O–H groups in total. The number of hydrogen-bond donors (Lipinski definition) is 2. The van der Waals surface area contributed by atoms with E-state index in [4.69, 9.17) is 20.9 Å². The van der Waals surface area contributed by atoms with Gasteiger partial charge in [0.1, 0.15) is 19.0 Å². The molecule has 4 aromatic carbocycles. The zero-order chi connectivity index (χ0) is 25.3. The van der Waals surface area contributed by atoms with Crippen molar-refractivity contribution < 1.29 is 19.1 Å². The number of carbonyl (C=O) groups is 2. The van der Waals surface area contributed by atoms with E-state index < -0.39 is 5.97 Å². The van der Waals surface area contributed by atoms with E-state index in [9.17, 15) is 9.59 Å². The van der Waals surface area contributed by atoms with Crippen LogP contribution in [0.25, 0.3) is 17.2 Å². The Morgan fingerprint density at radius 2 is 1.31 bits per heavy atom. The molecule has 0 radical (unpaired) electrons. The molecule has 0 aromatic heterocycles. The average molecular weight is 479 g/mol. The SMILES string of the molecule is Nc1cc(N)cc(C(=O)OCCOc2ccc(-c3ccc(C=CC(=O)c4ccccc4)cc3)cc2)c1. The van der Waals surface area contributed by atoms with Gasteiger partial charge in [0.15, 0.2) is 5.78 Å². The van der Waals surface area contributed by atoms with E-state index in [1.165, 1.54) is 12.1 Å². The number of carbonyl (C=O) groups excluding carboxylic acids is 2. The van der Waals surface area contributed by atoms with Crippen molar-refractivity contribution in [1.82, 2.24) is 0 Å². The van der Waals surface area contributed by atoms with E-state index in [2.05, 4.69) is 0 Å². The summed E-state index contributed by atoms with van der Waals surface area (Å²) in [7, 11) is 0. The van der Waals surface area contributed by atoms with Crippen molar-refractivity contribution >= 4 is 29.2 Å². The van der Waals surface area contributed by atoms with Gasteiger partial charge in [0.05, 0.1) is 5.56 Å². The van der Waals surface area contributed by atoms with Crippen LogP contribution in [-0.2, 0) is 4.74 Å². The Hall–Kier alpha value is -4.84. The molecule has 0 saturated heterocycles. The van der Waals surface area contributed by atoms with E-state index in [1.54, 1.807) is 24.3 Å². The van der Waals surface area contributed by atoms with E-state index in [0.717, 1.165) is 16.7 Å². The lowest BCUT2D eigenvalue weighted by Gasteiger charge is -2.09. The van der Waals surface area contributed by atoms with Crippen LogP contribution in [0.4, 0.5) is 11.4 Å². The van der Waals surface area contributed by atoms with Gasteiger partial charge in [-0.2, -0.15) is 0 Å². The molecular weight excluding hydrogens is 452 g/mol. The summed E-state index contributed by atoms with van der Waals surface area (Å²) >= 11 is 0. The lowest BCUT2D eigenvalue weighted by Crippen LogP contribution is -2.13. The van der Waals surface area contributed by atoms with E-state index >= 15 is 0 Å². The first kappa shape index (κ1) is 24.3. The molecule has 6 heteroatoms. The molecule has 0 saturated carbocycles. The summed E-state index contributed by atoms with van der Waals surface area (Å²) in [5.41, 5.74) is 16.2. The summed E-state index contributed by atoms with van der Waals surface area (Å²) in [4.78, 5) is 24.3. The molecule has 0 aliphatic rings. The summed E-state index contributed by atoms with van der Waals surface area (Å²) < 4.78 is 10.9. The zero-order valence-electron chi connectivity index (χ0n) is 19.6. The predicted octanol–water partition coefficient (Wildman–Crippen LogP) is 5.65. The van der Waals surface area contributed by atoms with Crippen molar-refractivity contribution in [2.75, 3.05) is 24.7 Å². The monoisotopic (exact) mass is 478 g/mol. The molecule has 0 amide bonds. The molecule has 0 aliphatic heterocycles. The molecule has 4 rings (SSSR count). The molecular formula is C30H26N2O4. The predicted molar refractivity (Wildman–Crippen MR) is 143 cm³/mol. The molecule has 0 heterocycles. The molecule has 0 bridgehead atoms. The van der Waals surface area contributed by atoms with Crippen LogP contribution in [0.15, 0.2) is 103 Å². The zero-order valence-corrected chi connectivity index (χ0v) is 19.6. The number of ether oxygens (including phenoxy) is 2. The second kappa shape index (κ2) is 11.5. The Bertz CT molecular complexity index is 1340. The van der Waals surface area contributed by atoms with E-state index in [1.807, 2.05) is 72.8 Å².